The summed E-state index contributed by atoms with van der Waals surface area (Å²) in [6.45, 7) is 13.1. The van der Waals surface area contributed by atoms with Gasteiger partial charge in [0.1, 0.15) is 13.7 Å². The third-order valence-electron chi connectivity index (χ3n) is 2.44. The average Bonchev–Trinajstić information content (AvgIpc) is 2.28. The molecule has 0 aliphatic carbocycles. The van der Waals surface area contributed by atoms with Gasteiger partial charge in [-0.15, -0.1) is 5.54 Å². The average molecular weight is 304 g/mol. The Labute approximate surface area is 120 Å². The fourth-order valence-corrected chi connectivity index (χ4v) is 4.19. The van der Waals surface area contributed by atoms with Crippen LogP contribution in [0.3, 0.4) is 0 Å². The van der Waals surface area contributed by atoms with E-state index in [2.05, 4.69) is 38.0 Å². The van der Waals surface area contributed by atoms with Crippen molar-refractivity contribution in [3.63, 3.8) is 0 Å². The lowest BCUT2D eigenvalue weighted by atomic mass is 10.2. The van der Waals surface area contributed by atoms with Crippen LogP contribution in [-0.2, 0) is 13.6 Å². The third-order valence-corrected chi connectivity index (χ3v) is 5.73. The highest BCUT2D eigenvalue weighted by Crippen LogP contribution is 2.54. The molecule has 1 atom stereocenters. The lowest BCUT2D eigenvalue weighted by Crippen LogP contribution is -2.19. The van der Waals surface area contributed by atoms with Crippen molar-refractivity contribution in [3.05, 3.63) is 0 Å². The molecule has 0 unspecified atom stereocenters. The van der Waals surface area contributed by atoms with Crippen molar-refractivity contribution in [2.45, 2.75) is 65.3 Å². The predicted molar refractivity (Wildman–Crippen MR) is 85.3 cm³/mol. The van der Waals surface area contributed by atoms with E-state index >= 15 is 0 Å². The summed E-state index contributed by atoms with van der Waals surface area (Å²) < 4.78 is 23.7. The van der Waals surface area contributed by atoms with Gasteiger partial charge in [-0.05, 0) is 20.3 Å². The van der Waals surface area contributed by atoms with E-state index in [-0.39, 0.29) is 5.66 Å². The van der Waals surface area contributed by atoms with E-state index in [9.17, 15) is 4.57 Å². The van der Waals surface area contributed by atoms with Crippen LogP contribution in [0.4, 0.5) is 0 Å². The van der Waals surface area contributed by atoms with Gasteiger partial charge >= 0.3 is 7.60 Å². The van der Waals surface area contributed by atoms with Gasteiger partial charge in [0.15, 0.2) is 0 Å². The highest BCUT2D eigenvalue weighted by molar-refractivity contribution is 7.55. The van der Waals surface area contributed by atoms with Crippen LogP contribution in [0.1, 0.15) is 40.0 Å². The topological polar surface area (TPSA) is 35.5 Å². The summed E-state index contributed by atoms with van der Waals surface area (Å²) in [6, 6.07) is 0. The molecule has 0 spiro atoms. The Morgan fingerprint density at radius 2 is 1.63 bits per heavy atom. The van der Waals surface area contributed by atoms with Crippen LogP contribution < -0.4 is 0 Å². The van der Waals surface area contributed by atoms with Crippen molar-refractivity contribution in [1.82, 2.24) is 0 Å². The minimum absolute atomic E-state index is 0.279. The Morgan fingerprint density at radius 3 is 2.00 bits per heavy atom. The zero-order chi connectivity index (χ0) is 14.9. The molecule has 19 heavy (non-hydrogen) atoms. The highest BCUT2D eigenvalue weighted by atomic mass is 31.2. The molecule has 3 nitrogen and oxygen atoms in total. The Bertz CT molecular complexity index is 342. The fourth-order valence-electron chi connectivity index (χ4n) is 1.58. The first-order chi connectivity index (χ1) is 8.79. The second-order valence-corrected chi connectivity index (χ2v) is 12.5. The van der Waals surface area contributed by atoms with Crippen molar-refractivity contribution in [1.29, 1.82) is 0 Å². The van der Waals surface area contributed by atoms with Gasteiger partial charge in [0.05, 0.1) is 13.2 Å². The normalized spacial score (nSPS) is 13.8. The minimum Gasteiger partial charge on any atom is -0.308 e. The van der Waals surface area contributed by atoms with Crippen LogP contribution >= 0.6 is 7.60 Å². The van der Waals surface area contributed by atoms with Gasteiger partial charge < -0.3 is 9.05 Å². The van der Waals surface area contributed by atoms with Crippen molar-refractivity contribution in [2.24, 2.45) is 0 Å². The molecule has 0 aliphatic heterocycles. The van der Waals surface area contributed by atoms with Gasteiger partial charge in [-0.1, -0.05) is 45.3 Å². The molecule has 0 rings (SSSR count). The molecule has 0 saturated carbocycles. The van der Waals surface area contributed by atoms with E-state index in [1.807, 2.05) is 13.8 Å². The van der Waals surface area contributed by atoms with E-state index in [0.717, 1.165) is 19.3 Å². The second kappa shape index (κ2) is 8.97. The van der Waals surface area contributed by atoms with Crippen molar-refractivity contribution in [2.75, 3.05) is 13.2 Å². The Morgan fingerprint density at radius 1 is 1.11 bits per heavy atom. The summed E-state index contributed by atoms with van der Waals surface area (Å²) in [4.78, 5) is 0. The first-order valence-electron chi connectivity index (χ1n) is 7.20. The van der Waals surface area contributed by atoms with E-state index in [1.165, 1.54) is 0 Å². The fraction of sp³-hybridized carbons (Fsp3) is 0.857. The molecule has 0 heterocycles. The number of unbranched alkanes of at least 4 members (excludes halogenated alkanes) is 1. The first kappa shape index (κ1) is 18.9. The summed E-state index contributed by atoms with van der Waals surface area (Å²) in [5.74, 6) is 3.20. The molecule has 5 heteroatoms. The molecule has 112 valence electrons. The van der Waals surface area contributed by atoms with E-state index in [0.29, 0.717) is 13.2 Å². The van der Waals surface area contributed by atoms with Crippen LogP contribution in [0.15, 0.2) is 0 Å². The van der Waals surface area contributed by atoms with Crippen LogP contribution in [0.25, 0.3) is 0 Å². The largest absolute Gasteiger partial charge is 0.345 e. The van der Waals surface area contributed by atoms with E-state index < -0.39 is 15.7 Å². The first-order valence-corrected chi connectivity index (χ1v) is 12.3. The molecule has 0 aromatic rings. The van der Waals surface area contributed by atoms with Crippen LogP contribution in [0, 0.1) is 11.5 Å². The van der Waals surface area contributed by atoms with Gasteiger partial charge in [0.25, 0.3) is 0 Å². The molecule has 0 bridgehead atoms. The molecule has 0 aliphatic rings. The van der Waals surface area contributed by atoms with Gasteiger partial charge in [-0.25, -0.2) is 0 Å². The minimum atomic E-state index is -3.10. The maximum atomic E-state index is 12.8. The zero-order valence-electron chi connectivity index (χ0n) is 13.3. The molecule has 0 aromatic heterocycles. The van der Waals surface area contributed by atoms with Crippen LogP contribution in [0.2, 0.25) is 19.6 Å². The van der Waals surface area contributed by atoms with Gasteiger partial charge in [0, 0.05) is 0 Å². The summed E-state index contributed by atoms with van der Waals surface area (Å²) in [6.07, 6.45) is 2.84. The van der Waals surface area contributed by atoms with E-state index in [1.54, 1.807) is 0 Å². The summed E-state index contributed by atoms with van der Waals surface area (Å²) in [7, 11) is -4.57. The molecular formula is C14H29O3PSi. The SMILES string of the molecule is CCCC[C@@H](C#C[Si](C)(C)C)P(=O)(OCC)OCC. The summed E-state index contributed by atoms with van der Waals surface area (Å²) >= 11 is 0. The van der Waals surface area contributed by atoms with Gasteiger partial charge in [0.2, 0.25) is 0 Å². The Kier molecular flexibility index (Phi) is 8.94. The summed E-state index contributed by atoms with van der Waals surface area (Å²) in [5, 5.41) is 0. The molecule has 0 saturated heterocycles. The van der Waals surface area contributed by atoms with Crippen molar-refractivity contribution in [3.8, 4) is 11.5 Å². The molecule has 0 aromatic carbocycles. The molecule has 0 fully saturated rings. The van der Waals surface area contributed by atoms with Crippen molar-refractivity contribution >= 4 is 15.7 Å². The van der Waals surface area contributed by atoms with Gasteiger partial charge in [-0.3, -0.25) is 4.57 Å². The Hall–Kier alpha value is -0.0731. The summed E-state index contributed by atoms with van der Waals surface area (Å²) in [5.41, 5.74) is 3.03. The highest BCUT2D eigenvalue weighted by Gasteiger charge is 2.34. The lowest BCUT2D eigenvalue weighted by molar-refractivity contribution is 0.215. The monoisotopic (exact) mass is 304 g/mol. The molecular weight excluding hydrogens is 275 g/mol. The number of hydrogen-bond acceptors (Lipinski definition) is 3. The zero-order valence-corrected chi connectivity index (χ0v) is 15.2. The van der Waals surface area contributed by atoms with Gasteiger partial charge in [-0.2, -0.15) is 0 Å². The maximum absolute atomic E-state index is 12.8. The second-order valence-electron chi connectivity index (χ2n) is 5.55. The van der Waals surface area contributed by atoms with Crippen LogP contribution in [0.5, 0.6) is 0 Å². The predicted octanol–water partition coefficient (Wildman–Crippen LogP) is 4.69. The standard InChI is InChI=1S/C14H29O3PSi/c1-7-10-11-14(12-13-19(4,5)6)18(15,16-8-2)17-9-3/h14H,7-11H2,1-6H3/t14-/m0/s1. The maximum Gasteiger partial charge on any atom is 0.345 e. The van der Waals surface area contributed by atoms with Crippen molar-refractivity contribution < 1.29 is 13.6 Å². The third kappa shape index (κ3) is 7.94. The van der Waals surface area contributed by atoms with Crippen LogP contribution in [-0.4, -0.2) is 26.9 Å². The van der Waals surface area contributed by atoms with E-state index in [4.69, 9.17) is 9.05 Å². The Balaban J connectivity index is 5.16. The quantitative estimate of drug-likeness (QED) is 0.371. The smallest absolute Gasteiger partial charge is 0.308 e. The number of hydrogen-bond donors (Lipinski definition) is 0. The molecule has 0 N–H and O–H groups in total. The molecule has 0 radical (unpaired) electrons. The lowest BCUT2D eigenvalue weighted by Gasteiger charge is -2.23. The number of rotatable bonds is 8. The molecule has 0 amide bonds.